The first kappa shape index (κ1) is 14.9. The topological polar surface area (TPSA) is 41.4 Å². The molecule has 1 fully saturated rings. The fourth-order valence-electron chi connectivity index (χ4n) is 2.77. The number of hydrogen-bond acceptors (Lipinski definition) is 4. The second-order valence-electron chi connectivity index (χ2n) is 5.86. The van der Waals surface area contributed by atoms with Crippen molar-refractivity contribution in [2.24, 2.45) is 7.05 Å². The molecule has 0 aromatic carbocycles. The minimum atomic E-state index is 0.0614. The van der Waals surface area contributed by atoms with Crippen LogP contribution < -0.4 is 5.56 Å². The van der Waals surface area contributed by atoms with E-state index < -0.39 is 0 Å². The number of rotatable bonds is 4. The first-order valence-corrected chi connectivity index (χ1v) is 7.71. The van der Waals surface area contributed by atoms with Crippen LogP contribution in [0, 0.1) is 0 Å². The summed E-state index contributed by atoms with van der Waals surface area (Å²) >= 11 is 0. The molecule has 0 saturated carbocycles. The molecule has 1 aliphatic heterocycles. The van der Waals surface area contributed by atoms with Crippen molar-refractivity contribution >= 4 is 0 Å². The Hall–Kier alpha value is -1.98. The van der Waals surface area contributed by atoms with Crippen molar-refractivity contribution in [2.45, 2.75) is 13.1 Å². The highest BCUT2D eigenvalue weighted by Gasteiger charge is 2.17. The average Bonchev–Trinajstić information content (AvgIpc) is 2.54. The van der Waals surface area contributed by atoms with Crippen molar-refractivity contribution in [1.29, 1.82) is 0 Å². The van der Waals surface area contributed by atoms with Gasteiger partial charge < -0.3 is 4.57 Å². The van der Waals surface area contributed by atoms with Gasteiger partial charge in [-0.1, -0.05) is 6.07 Å². The Balaban J connectivity index is 1.51. The van der Waals surface area contributed by atoms with Crippen LogP contribution >= 0.6 is 0 Å². The monoisotopic (exact) mass is 298 g/mol. The molecule has 0 bridgehead atoms. The molecule has 0 unspecified atom stereocenters. The SMILES string of the molecule is Cn1ccc(CN2CCN(Cc3ccccn3)CC2)cc1=O. The molecule has 22 heavy (non-hydrogen) atoms. The van der Waals surface area contributed by atoms with Crippen LogP contribution in [0.15, 0.2) is 47.5 Å². The van der Waals surface area contributed by atoms with Gasteiger partial charge in [0.1, 0.15) is 0 Å². The van der Waals surface area contributed by atoms with E-state index in [9.17, 15) is 4.79 Å². The average molecular weight is 298 g/mol. The fraction of sp³-hybridized carbons (Fsp3) is 0.412. The van der Waals surface area contributed by atoms with Gasteiger partial charge >= 0.3 is 0 Å². The second kappa shape index (κ2) is 6.85. The number of aryl methyl sites for hydroxylation is 1. The predicted octanol–water partition coefficient (Wildman–Crippen LogP) is 1.10. The maximum atomic E-state index is 11.7. The summed E-state index contributed by atoms with van der Waals surface area (Å²) in [6, 6.07) is 9.83. The molecule has 0 radical (unpaired) electrons. The number of nitrogens with zero attached hydrogens (tertiary/aromatic N) is 4. The summed E-state index contributed by atoms with van der Waals surface area (Å²) in [5.74, 6) is 0. The quantitative estimate of drug-likeness (QED) is 0.847. The number of pyridine rings is 2. The molecule has 0 amide bonds. The van der Waals surface area contributed by atoms with Crippen molar-refractivity contribution < 1.29 is 0 Å². The molecular weight excluding hydrogens is 276 g/mol. The third kappa shape index (κ3) is 3.81. The summed E-state index contributed by atoms with van der Waals surface area (Å²) in [5.41, 5.74) is 2.29. The molecule has 3 heterocycles. The lowest BCUT2D eigenvalue weighted by molar-refractivity contribution is 0.121. The van der Waals surface area contributed by atoms with Crippen LogP contribution in [0.4, 0.5) is 0 Å². The third-order valence-corrected chi connectivity index (χ3v) is 4.15. The van der Waals surface area contributed by atoms with Gasteiger partial charge in [-0.05, 0) is 23.8 Å². The highest BCUT2D eigenvalue weighted by atomic mass is 16.1. The van der Waals surface area contributed by atoms with Gasteiger partial charge in [-0.2, -0.15) is 0 Å². The zero-order valence-electron chi connectivity index (χ0n) is 13.0. The molecule has 2 aromatic rings. The number of hydrogen-bond donors (Lipinski definition) is 0. The van der Waals surface area contributed by atoms with Crippen molar-refractivity contribution in [3.63, 3.8) is 0 Å². The van der Waals surface area contributed by atoms with Crippen LogP contribution in [-0.4, -0.2) is 45.5 Å². The molecule has 0 spiro atoms. The maximum absolute atomic E-state index is 11.7. The van der Waals surface area contributed by atoms with Gasteiger partial charge in [-0.15, -0.1) is 0 Å². The Morgan fingerprint density at radius 2 is 1.77 bits per heavy atom. The lowest BCUT2D eigenvalue weighted by Gasteiger charge is -2.34. The molecule has 1 aliphatic rings. The summed E-state index contributed by atoms with van der Waals surface area (Å²) in [5, 5.41) is 0. The number of aromatic nitrogens is 2. The molecule has 3 rings (SSSR count). The molecule has 0 atom stereocenters. The first-order chi connectivity index (χ1) is 10.7. The summed E-state index contributed by atoms with van der Waals surface area (Å²) in [7, 11) is 1.78. The second-order valence-corrected chi connectivity index (χ2v) is 5.86. The van der Waals surface area contributed by atoms with E-state index in [1.807, 2.05) is 30.6 Å². The van der Waals surface area contributed by atoms with Gasteiger partial charge in [0.05, 0.1) is 5.69 Å². The lowest BCUT2D eigenvalue weighted by atomic mass is 10.2. The van der Waals surface area contributed by atoms with Crippen molar-refractivity contribution in [3.8, 4) is 0 Å². The Morgan fingerprint density at radius 3 is 2.41 bits per heavy atom. The molecule has 2 aromatic heterocycles. The van der Waals surface area contributed by atoms with Crippen LogP contribution in [0.1, 0.15) is 11.3 Å². The summed E-state index contributed by atoms with van der Waals surface area (Å²) in [4.78, 5) is 20.9. The Kier molecular flexibility index (Phi) is 4.65. The Bertz CT molecular complexity index is 660. The van der Waals surface area contributed by atoms with E-state index >= 15 is 0 Å². The van der Waals surface area contributed by atoms with Crippen LogP contribution in [0.5, 0.6) is 0 Å². The number of piperazine rings is 1. The predicted molar refractivity (Wildman–Crippen MR) is 86.5 cm³/mol. The van der Waals surface area contributed by atoms with Gasteiger partial charge in [0.2, 0.25) is 0 Å². The standard InChI is InChI=1S/C17H22N4O/c1-19-7-5-15(12-17(19)22)13-20-8-10-21(11-9-20)14-16-4-2-3-6-18-16/h2-7,12H,8-11,13-14H2,1H3. The Labute approximate surface area is 130 Å². The highest BCUT2D eigenvalue weighted by molar-refractivity contribution is 5.11. The van der Waals surface area contributed by atoms with Crippen LogP contribution in [-0.2, 0) is 20.1 Å². The molecule has 5 heteroatoms. The molecule has 5 nitrogen and oxygen atoms in total. The summed E-state index contributed by atoms with van der Waals surface area (Å²) in [6.45, 7) is 5.92. The van der Waals surface area contributed by atoms with Crippen molar-refractivity contribution in [1.82, 2.24) is 19.4 Å². The normalized spacial score (nSPS) is 16.8. The van der Waals surface area contributed by atoms with Crippen molar-refractivity contribution in [3.05, 3.63) is 64.3 Å². The van der Waals surface area contributed by atoms with E-state index in [4.69, 9.17) is 0 Å². The Morgan fingerprint density at radius 1 is 1.05 bits per heavy atom. The van der Waals surface area contributed by atoms with Gasteiger partial charge in [0.25, 0.3) is 5.56 Å². The van der Waals surface area contributed by atoms with E-state index in [0.717, 1.165) is 50.5 Å². The van der Waals surface area contributed by atoms with E-state index in [0.29, 0.717) is 0 Å². The van der Waals surface area contributed by atoms with Crippen LogP contribution in [0.2, 0.25) is 0 Å². The highest BCUT2D eigenvalue weighted by Crippen LogP contribution is 2.09. The minimum Gasteiger partial charge on any atom is -0.319 e. The maximum Gasteiger partial charge on any atom is 0.250 e. The minimum absolute atomic E-state index is 0.0614. The van der Waals surface area contributed by atoms with Gasteiger partial charge in [0.15, 0.2) is 0 Å². The summed E-state index contributed by atoms with van der Waals surface area (Å²) < 4.78 is 1.61. The molecule has 0 aliphatic carbocycles. The van der Waals surface area contributed by atoms with Gasteiger partial charge in [0, 0.05) is 64.8 Å². The van der Waals surface area contributed by atoms with Gasteiger partial charge in [-0.25, -0.2) is 0 Å². The molecule has 0 N–H and O–H groups in total. The largest absolute Gasteiger partial charge is 0.319 e. The van der Waals surface area contributed by atoms with E-state index in [-0.39, 0.29) is 5.56 Å². The summed E-state index contributed by atoms with van der Waals surface area (Å²) in [6.07, 6.45) is 3.69. The smallest absolute Gasteiger partial charge is 0.250 e. The third-order valence-electron chi connectivity index (χ3n) is 4.15. The van der Waals surface area contributed by atoms with E-state index in [1.54, 1.807) is 17.7 Å². The molecule has 116 valence electrons. The molecule has 1 saturated heterocycles. The van der Waals surface area contributed by atoms with Crippen LogP contribution in [0.3, 0.4) is 0 Å². The van der Waals surface area contributed by atoms with E-state index in [2.05, 4.69) is 20.9 Å². The zero-order chi connectivity index (χ0) is 15.4. The first-order valence-electron chi connectivity index (χ1n) is 7.71. The van der Waals surface area contributed by atoms with Crippen LogP contribution in [0.25, 0.3) is 0 Å². The molecular formula is C17H22N4O. The lowest BCUT2D eigenvalue weighted by Crippen LogP contribution is -2.45. The fourth-order valence-corrected chi connectivity index (χ4v) is 2.77. The van der Waals surface area contributed by atoms with Gasteiger partial charge in [-0.3, -0.25) is 19.6 Å². The van der Waals surface area contributed by atoms with Crippen molar-refractivity contribution in [2.75, 3.05) is 26.2 Å². The van der Waals surface area contributed by atoms with E-state index in [1.165, 1.54) is 0 Å². The zero-order valence-corrected chi connectivity index (χ0v) is 13.0.